The van der Waals surface area contributed by atoms with E-state index in [9.17, 15) is 8.42 Å². The Bertz CT molecular complexity index is 504. The maximum atomic E-state index is 11.4. The van der Waals surface area contributed by atoms with E-state index in [4.69, 9.17) is 0 Å². The van der Waals surface area contributed by atoms with Crippen LogP contribution < -0.4 is 0 Å². The number of imidazole rings is 1. The van der Waals surface area contributed by atoms with Gasteiger partial charge >= 0.3 is 0 Å². The smallest absolute Gasteiger partial charge is 0.211 e. The Hall–Kier alpha value is -0.920. The number of sulfonamides is 1. The van der Waals surface area contributed by atoms with Gasteiger partial charge in [0, 0.05) is 45.1 Å². The van der Waals surface area contributed by atoms with Crippen molar-refractivity contribution < 1.29 is 8.42 Å². The van der Waals surface area contributed by atoms with Crippen LogP contribution in [-0.2, 0) is 16.6 Å². The third kappa shape index (κ3) is 4.02. The second-order valence-electron chi connectivity index (χ2n) is 5.03. The Balaban J connectivity index is 1.70. The number of hydrogen-bond donors (Lipinski definition) is 0. The van der Waals surface area contributed by atoms with Gasteiger partial charge in [0.15, 0.2) is 0 Å². The van der Waals surface area contributed by atoms with E-state index in [1.54, 1.807) is 4.31 Å². The van der Waals surface area contributed by atoms with Crippen molar-refractivity contribution in [3.05, 3.63) is 18.2 Å². The van der Waals surface area contributed by atoms with Gasteiger partial charge in [0.2, 0.25) is 10.0 Å². The highest BCUT2D eigenvalue weighted by molar-refractivity contribution is 7.88. The summed E-state index contributed by atoms with van der Waals surface area (Å²) in [7, 11) is -3.02. The lowest BCUT2D eigenvalue weighted by molar-refractivity contribution is 0.185. The average Bonchev–Trinajstić information content (AvgIpc) is 2.75. The van der Waals surface area contributed by atoms with Crippen LogP contribution in [0.25, 0.3) is 0 Å². The van der Waals surface area contributed by atoms with Gasteiger partial charge in [0.05, 0.1) is 6.26 Å². The molecule has 0 N–H and O–H groups in total. The van der Waals surface area contributed by atoms with Gasteiger partial charge in [-0.25, -0.2) is 13.4 Å². The predicted molar refractivity (Wildman–Crippen MR) is 74.4 cm³/mol. The summed E-state index contributed by atoms with van der Waals surface area (Å²) in [5.41, 5.74) is 0. The van der Waals surface area contributed by atoms with Crippen molar-refractivity contribution in [1.82, 2.24) is 18.8 Å². The molecule has 0 amide bonds. The quantitative estimate of drug-likeness (QED) is 0.773. The summed E-state index contributed by atoms with van der Waals surface area (Å²) in [6, 6.07) is 0. The SMILES string of the molecule is Cc1nccn1CCCN1CCN(S(C)(=O)=O)CC1. The Morgan fingerprint density at radius 1 is 1.21 bits per heavy atom. The van der Waals surface area contributed by atoms with Crippen molar-refractivity contribution in [2.75, 3.05) is 39.0 Å². The molecular weight excluding hydrogens is 264 g/mol. The van der Waals surface area contributed by atoms with Gasteiger partial charge in [-0.2, -0.15) is 4.31 Å². The minimum Gasteiger partial charge on any atom is -0.335 e. The zero-order valence-electron chi connectivity index (χ0n) is 11.6. The van der Waals surface area contributed by atoms with Crippen LogP contribution in [-0.4, -0.2) is 66.2 Å². The van der Waals surface area contributed by atoms with E-state index in [-0.39, 0.29) is 0 Å². The highest BCUT2D eigenvalue weighted by atomic mass is 32.2. The van der Waals surface area contributed by atoms with Crippen LogP contribution in [0.3, 0.4) is 0 Å². The van der Waals surface area contributed by atoms with Crippen molar-refractivity contribution in [3.63, 3.8) is 0 Å². The fourth-order valence-corrected chi connectivity index (χ4v) is 3.22. The first-order valence-corrected chi connectivity index (χ1v) is 8.47. The summed E-state index contributed by atoms with van der Waals surface area (Å²) >= 11 is 0. The second kappa shape index (κ2) is 6.02. The van der Waals surface area contributed by atoms with E-state index in [0.29, 0.717) is 13.1 Å². The van der Waals surface area contributed by atoms with E-state index in [1.165, 1.54) is 6.26 Å². The third-order valence-electron chi connectivity index (χ3n) is 3.60. The summed E-state index contributed by atoms with van der Waals surface area (Å²) in [5, 5.41) is 0. The minimum absolute atomic E-state index is 0.614. The molecule has 2 heterocycles. The Morgan fingerprint density at radius 3 is 2.42 bits per heavy atom. The van der Waals surface area contributed by atoms with Crippen molar-refractivity contribution >= 4 is 10.0 Å². The van der Waals surface area contributed by atoms with Crippen LogP contribution in [0.5, 0.6) is 0 Å². The molecule has 0 bridgehead atoms. The van der Waals surface area contributed by atoms with Crippen LogP contribution in [0, 0.1) is 6.92 Å². The molecule has 1 aliphatic heterocycles. The van der Waals surface area contributed by atoms with Crippen LogP contribution in [0.15, 0.2) is 12.4 Å². The first-order valence-electron chi connectivity index (χ1n) is 6.62. The monoisotopic (exact) mass is 286 g/mol. The zero-order chi connectivity index (χ0) is 13.9. The van der Waals surface area contributed by atoms with Crippen molar-refractivity contribution in [1.29, 1.82) is 0 Å². The lowest BCUT2D eigenvalue weighted by Gasteiger charge is -2.33. The number of aromatic nitrogens is 2. The molecule has 1 fully saturated rings. The molecule has 0 aliphatic carbocycles. The van der Waals surface area contributed by atoms with Gasteiger partial charge in [0.1, 0.15) is 5.82 Å². The van der Waals surface area contributed by atoms with E-state index in [0.717, 1.165) is 38.4 Å². The Labute approximate surface area is 115 Å². The van der Waals surface area contributed by atoms with E-state index in [2.05, 4.69) is 14.5 Å². The lowest BCUT2D eigenvalue weighted by atomic mass is 10.3. The highest BCUT2D eigenvalue weighted by Crippen LogP contribution is 2.07. The maximum Gasteiger partial charge on any atom is 0.211 e. The van der Waals surface area contributed by atoms with Crippen LogP contribution in [0.1, 0.15) is 12.2 Å². The van der Waals surface area contributed by atoms with Crippen molar-refractivity contribution in [2.24, 2.45) is 0 Å². The second-order valence-corrected chi connectivity index (χ2v) is 7.01. The van der Waals surface area contributed by atoms with Gasteiger partial charge in [-0.15, -0.1) is 0 Å². The van der Waals surface area contributed by atoms with E-state index in [1.807, 2.05) is 19.3 Å². The van der Waals surface area contributed by atoms with Gasteiger partial charge in [-0.1, -0.05) is 0 Å². The molecule has 0 saturated carbocycles. The Kier molecular flexibility index (Phi) is 4.59. The minimum atomic E-state index is -3.02. The standard InChI is InChI=1S/C12H22N4O2S/c1-12-13-4-7-15(12)6-3-5-14-8-10-16(11-9-14)19(2,17)18/h4,7H,3,5-6,8-11H2,1-2H3. The number of nitrogens with zero attached hydrogens (tertiary/aromatic N) is 4. The van der Waals surface area contributed by atoms with Crippen molar-refractivity contribution in [3.8, 4) is 0 Å². The molecule has 19 heavy (non-hydrogen) atoms. The normalized spacial score (nSPS) is 18.8. The van der Waals surface area contributed by atoms with Crippen LogP contribution in [0.4, 0.5) is 0 Å². The first-order chi connectivity index (χ1) is 8.97. The molecule has 0 unspecified atom stereocenters. The summed E-state index contributed by atoms with van der Waals surface area (Å²) in [4.78, 5) is 6.52. The number of rotatable bonds is 5. The molecule has 1 aromatic rings. The molecular formula is C12H22N4O2S. The molecule has 0 atom stereocenters. The fourth-order valence-electron chi connectivity index (χ4n) is 2.39. The molecule has 1 aliphatic rings. The molecule has 108 valence electrons. The van der Waals surface area contributed by atoms with Gasteiger partial charge in [-0.05, 0) is 19.9 Å². The van der Waals surface area contributed by atoms with Crippen LogP contribution in [0.2, 0.25) is 0 Å². The molecule has 6 nitrogen and oxygen atoms in total. The topological polar surface area (TPSA) is 58.4 Å². The Morgan fingerprint density at radius 2 is 1.89 bits per heavy atom. The first kappa shape index (κ1) is 14.5. The molecule has 1 saturated heterocycles. The molecule has 1 aromatic heterocycles. The van der Waals surface area contributed by atoms with E-state index < -0.39 is 10.0 Å². The van der Waals surface area contributed by atoms with Gasteiger partial charge in [-0.3, -0.25) is 0 Å². The number of aryl methyl sites for hydroxylation is 2. The van der Waals surface area contributed by atoms with Gasteiger partial charge < -0.3 is 9.47 Å². The molecule has 2 rings (SSSR count). The lowest BCUT2D eigenvalue weighted by Crippen LogP contribution is -2.48. The molecule has 0 radical (unpaired) electrons. The summed E-state index contributed by atoms with van der Waals surface area (Å²) < 4.78 is 26.5. The zero-order valence-corrected chi connectivity index (χ0v) is 12.4. The van der Waals surface area contributed by atoms with E-state index >= 15 is 0 Å². The van der Waals surface area contributed by atoms with Crippen LogP contribution >= 0.6 is 0 Å². The summed E-state index contributed by atoms with van der Waals surface area (Å²) in [5.74, 6) is 1.04. The molecule has 0 aromatic carbocycles. The van der Waals surface area contributed by atoms with Crippen molar-refractivity contribution in [2.45, 2.75) is 19.9 Å². The number of hydrogen-bond acceptors (Lipinski definition) is 4. The molecule has 0 spiro atoms. The maximum absolute atomic E-state index is 11.4. The number of piperazine rings is 1. The van der Waals surface area contributed by atoms with Gasteiger partial charge in [0.25, 0.3) is 0 Å². The molecule has 7 heteroatoms. The third-order valence-corrected chi connectivity index (χ3v) is 4.90. The largest absolute Gasteiger partial charge is 0.335 e. The summed E-state index contributed by atoms with van der Waals surface area (Å²) in [6.45, 7) is 6.87. The predicted octanol–water partition coefficient (Wildman–Crippen LogP) is 0.159. The summed E-state index contributed by atoms with van der Waals surface area (Å²) in [6.07, 6.45) is 6.16. The highest BCUT2D eigenvalue weighted by Gasteiger charge is 2.22. The fraction of sp³-hybridized carbons (Fsp3) is 0.750. The average molecular weight is 286 g/mol.